The van der Waals surface area contributed by atoms with Crippen molar-refractivity contribution in [2.24, 2.45) is 5.92 Å². The number of hydrogen-bond acceptors (Lipinski definition) is 3. The number of rotatable bonds is 4. The predicted molar refractivity (Wildman–Crippen MR) is 78.5 cm³/mol. The Morgan fingerprint density at radius 3 is 2.79 bits per heavy atom. The van der Waals surface area contributed by atoms with Crippen molar-refractivity contribution >= 4 is 17.3 Å². The molecule has 1 aliphatic heterocycles. The van der Waals surface area contributed by atoms with Crippen molar-refractivity contribution in [1.29, 1.82) is 0 Å². The van der Waals surface area contributed by atoms with Crippen LogP contribution in [-0.2, 0) is 4.79 Å². The Morgan fingerprint density at radius 2 is 2.21 bits per heavy atom. The molecule has 106 valence electrons. The van der Waals surface area contributed by atoms with Crippen LogP contribution in [-0.4, -0.2) is 28.6 Å². The molecule has 2 heterocycles. The fourth-order valence-corrected chi connectivity index (χ4v) is 4.08. The van der Waals surface area contributed by atoms with Gasteiger partial charge < -0.3 is 5.11 Å². The van der Waals surface area contributed by atoms with Gasteiger partial charge in [-0.25, -0.2) is 0 Å². The van der Waals surface area contributed by atoms with Gasteiger partial charge in [0, 0.05) is 10.9 Å². The SMILES string of the molecule is CC(C)C(c1cccs1)N1CCCCCC1C(=O)O. The molecular formula is C15H23NO2S. The molecule has 1 saturated heterocycles. The molecule has 0 spiro atoms. The number of thiophene rings is 1. The Balaban J connectivity index is 2.29. The summed E-state index contributed by atoms with van der Waals surface area (Å²) in [6.45, 7) is 5.28. The van der Waals surface area contributed by atoms with E-state index in [1.807, 2.05) is 0 Å². The lowest BCUT2D eigenvalue weighted by molar-refractivity contribution is -0.144. The zero-order valence-corrected chi connectivity index (χ0v) is 12.5. The lowest BCUT2D eigenvalue weighted by atomic mass is 9.98. The lowest BCUT2D eigenvalue weighted by Gasteiger charge is -2.36. The first kappa shape index (κ1) is 14.5. The van der Waals surface area contributed by atoms with Gasteiger partial charge in [-0.05, 0) is 36.8 Å². The van der Waals surface area contributed by atoms with Gasteiger partial charge in [0.1, 0.15) is 6.04 Å². The van der Waals surface area contributed by atoms with E-state index in [0.717, 1.165) is 32.2 Å². The van der Waals surface area contributed by atoms with Gasteiger partial charge in [0.05, 0.1) is 0 Å². The number of aliphatic carboxylic acids is 1. The molecular weight excluding hydrogens is 258 g/mol. The van der Waals surface area contributed by atoms with Crippen molar-refractivity contribution in [3.63, 3.8) is 0 Å². The largest absolute Gasteiger partial charge is 0.480 e. The predicted octanol–water partition coefficient (Wildman–Crippen LogP) is 3.77. The standard InChI is InChI=1S/C15H23NO2S/c1-11(2)14(13-8-6-10-19-13)16-9-5-3-4-7-12(16)15(17)18/h6,8,10-12,14H,3-5,7,9H2,1-2H3,(H,17,18). The Labute approximate surface area is 119 Å². The summed E-state index contributed by atoms with van der Waals surface area (Å²) in [5, 5.41) is 11.6. The van der Waals surface area contributed by atoms with Crippen LogP contribution in [0.5, 0.6) is 0 Å². The van der Waals surface area contributed by atoms with Gasteiger partial charge >= 0.3 is 5.97 Å². The fraction of sp³-hybridized carbons (Fsp3) is 0.667. The van der Waals surface area contributed by atoms with Crippen LogP contribution in [0.1, 0.15) is 50.4 Å². The normalized spacial score (nSPS) is 23.2. The van der Waals surface area contributed by atoms with Gasteiger partial charge in [-0.1, -0.05) is 32.8 Å². The van der Waals surface area contributed by atoms with E-state index in [1.54, 1.807) is 11.3 Å². The Morgan fingerprint density at radius 1 is 1.42 bits per heavy atom. The Bertz CT molecular complexity index is 402. The van der Waals surface area contributed by atoms with Gasteiger partial charge in [0.15, 0.2) is 0 Å². The van der Waals surface area contributed by atoms with E-state index in [9.17, 15) is 9.90 Å². The second-order valence-corrected chi connectivity index (χ2v) is 6.62. The first-order valence-corrected chi connectivity index (χ1v) is 8.01. The van der Waals surface area contributed by atoms with Crippen molar-refractivity contribution in [1.82, 2.24) is 4.90 Å². The average Bonchev–Trinajstić information content (AvgIpc) is 2.74. The molecule has 1 aliphatic rings. The minimum Gasteiger partial charge on any atom is -0.480 e. The lowest BCUT2D eigenvalue weighted by Crippen LogP contribution is -2.44. The van der Waals surface area contributed by atoms with Gasteiger partial charge in [-0.15, -0.1) is 11.3 Å². The highest BCUT2D eigenvalue weighted by Gasteiger charge is 2.34. The van der Waals surface area contributed by atoms with Crippen LogP contribution in [0.2, 0.25) is 0 Å². The average molecular weight is 281 g/mol. The van der Waals surface area contributed by atoms with Gasteiger partial charge in [0.25, 0.3) is 0 Å². The number of carbonyl (C=O) groups is 1. The smallest absolute Gasteiger partial charge is 0.320 e. The highest BCUT2D eigenvalue weighted by molar-refractivity contribution is 7.10. The molecule has 1 fully saturated rings. The summed E-state index contributed by atoms with van der Waals surface area (Å²) in [5.74, 6) is -0.234. The van der Waals surface area contributed by atoms with Crippen molar-refractivity contribution in [3.05, 3.63) is 22.4 Å². The summed E-state index contributed by atoms with van der Waals surface area (Å²) in [6, 6.07) is 4.11. The number of carboxylic acid groups (broad SMARTS) is 1. The highest BCUT2D eigenvalue weighted by Crippen LogP contribution is 2.35. The first-order valence-electron chi connectivity index (χ1n) is 7.13. The molecule has 1 aromatic rings. The Kier molecular flexibility index (Phi) is 4.99. The molecule has 0 aromatic carbocycles. The zero-order valence-electron chi connectivity index (χ0n) is 11.7. The second kappa shape index (κ2) is 6.53. The second-order valence-electron chi connectivity index (χ2n) is 5.65. The summed E-state index contributed by atoms with van der Waals surface area (Å²) >= 11 is 1.74. The van der Waals surface area contributed by atoms with Crippen LogP contribution in [0.4, 0.5) is 0 Å². The number of likely N-dealkylation sites (tertiary alicyclic amines) is 1. The van der Waals surface area contributed by atoms with Crippen LogP contribution >= 0.6 is 11.3 Å². The maximum absolute atomic E-state index is 11.6. The fourth-order valence-electron chi connectivity index (χ4n) is 3.06. The van der Waals surface area contributed by atoms with E-state index in [2.05, 4.69) is 36.3 Å². The van der Waals surface area contributed by atoms with E-state index in [0.29, 0.717) is 5.92 Å². The highest BCUT2D eigenvalue weighted by atomic mass is 32.1. The molecule has 2 unspecified atom stereocenters. The van der Waals surface area contributed by atoms with E-state index in [-0.39, 0.29) is 12.1 Å². The molecule has 4 heteroatoms. The molecule has 0 bridgehead atoms. The van der Waals surface area contributed by atoms with Crippen LogP contribution < -0.4 is 0 Å². The van der Waals surface area contributed by atoms with Crippen molar-refractivity contribution in [2.45, 2.75) is 51.6 Å². The molecule has 1 aromatic heterocycles. The summed E-state index contributed by atoms with van der Waals surface area (Å²) < 4.78 is 0. The van der Waals surface area contributed by atoms with Crippen LogP contribution in [0.3, 0.4) is 0 Å². The third-order valence-corrected chi connectivity index (χ3v) is 4.85. The first-order chi connectivity index (χ1) is 9.11. The van der Waals surface area contributed by atoms with E-state index in [1.165, 1.54) is 4.88 Å². The maximum Gasteiger partial charge on any atom is 0.320 e. The summed E-state index contributed by atoms with van der Waals surface area (Å²) in [4.78, 5) is 15.1. The number of nitrogens with zero attached hydrogens (tertiary/aromatic N) is 1. The van der Waals surface area contributed by atoms with Crippen molar-refractivity contribution < 1.29 is 9.90 Å². The third-order valence-electron chi connectivity index (χ3n) is 3.90. The minimum atomic E-state index is -0.663. The van der Waals surface area contributed by atoms with Gasteiger partial charge in [-0.2, -0.15) is 0 Å². The molecule has 0 radical (unpaired) electrons. The van der Waals surface area contributed by atoms with Crippen molar-refractivity contribution in [3.8, 4) is 0 Å². The molecule has 1 N–H and O–H groups in total. The Hall–Kier alpha value is -0.870. The molecule has 2 rings (SSSR count). The topological polar surface area (TPSA) is 40.5 Å². The molecule has 19 heavy (non-hydrogen) atoms. The van der Waals surface area contributed by atoms with Gasteiger partial charge in [0.2, 0.25) is 0 Å². The van der Waals surface area contributed by atoms with E-state index < -0.39 is 5.97 Å². The van der Waals surface area contributed by atoms with Crippen LogP contribution in [0.15, 0.2) is 17.5 Å². The van der Waals surface area contributed by atoms with E-state index in [4.69, 9.17) is 0 Å². The number of carboxylic acids is 1. The zero-order chi connectivity index (χ0) is 13.8. The number of hydrogen-bond donors (Lipinski definition) is 1. The molecule has 0 amide bonds. The van der Waals surface area contributed by atoms with Gasteiger partial charge in [-0.3, -0.25) is 9.69 Å². The minimum absolute atomic E-state index is 0.235. The molecule has 0 saturated carbocycles. The summed E-state index contributed by atoms with van der Waals surface area (Å²) in [6.07, 6.45) is 4.07. The van der Waals surface area contributed by atoms with Crippen LogP contribution in [0.25, 0.3) is 0 Å². The van der Waals surface area contributed by atoms with E-state index >= 15 is 0 Å². The maximum atomic E-state index is 11.6. The molecule has 0 aliphatic carbocycles. The van der Waals surface area contributed by atoms with Crippen molar-refractivity contribution in [2.75, 3.05) is 6.54 Å². The third kappa shape index (κ3) is 3.37. The summed E-state index contributed by atoms with van der Waals surface area (Å²) in [5.41, 5.74) is 0. The monoisotopic (exact) mass is 281 g/mol. The molecule has 2 atom stereocenters. The van der Waals surface area contributed by atoms with Crippen LogP contribution in [0, 0.1) is 5.92 Å². The quantitative estimate of drug-likeness (QED) is 0.913. The summed E-state index contributed by atoms with van der Waals surface area (Å²) in [7, 11) is 0. The molecule has 3 nitrogen and oxygen atoms in total.